The molecule has 3 rings (SSSR count). The predicted octanol–water partition coefficient (Wildman–Crippen LogP) is 3.46. The second kappa shape index (κ2) is 8.95. The van der Waals surface area contributed by atoms with Crippen LogP contribution < -0.4 is 5.32 Å². The van der Waals surface area contributed by atoms with E-state index in [-0.39, 0.29) is 0 Å². The SMILES string of the molecule is CC1CN(Cc2ccccc2CNCc2ccc(C#N)cc2)CC(C)O1. The molecular formula is C22H27N3O. The van der Waals surface area contributed by atoms with Crippen LogP contribution in [0.1, 0.15) is 36.1 Å². The van der Waals surface area contributed by atoms with Crippen molar-refractivity contribution in [2.45, 2.75) is 45.7 Å². The minimum absolute atomic E-state index is 0.292. The van der Waals surface area contributed by atoms with Crippen LogP contribution in [-0.2, 0) is 24.4 Å². The second-order valence-electron chi connectivity index (χ2n) is 7.13. The van der Waals surface area contributed by atoms with E-state index in [1.54, 1.807) is 0 Å². The molecule has 1 fully saturated rings. The number of rotatable bonds is 6. The first-order valence-corrected chi connectivity index (χ1v) is 9.28. The van der Waals surface area contributed by atoms with Gasteiger partial charge in [-0.05, 0) is 42.7 Å². The lowest BCUT2D eigenvalue weighted by molar-refractivity contribution is -0.0705. The molecule has 0 amide bonds. The Morgan fingerprint density at radius 2 is 1.65 bits per heavy atom. The van der Waals surface area contributed by atoms with Gasteiger partial charge >= 0.3 is 0 Å². The second-order valence-corrected chi connectivity index (χ2v) is 7.13. The van der Waals surface area contributed by atoms with Crippen molar-refractivity contribution in [1.82, 2.24) is 10.2 Å². The Bertz CT molecular complexity index is 741. The number of nitrogens with one attached hydrogen (secondary N) is 1. The summed E-state index contributed by atoms with van der Waals surface area (Å²) in [5.74, 6) is 0. The maximum Gasteiger partial charge on any atom is 0.0991 e. The van der Waals surface area contributed by atoms with Gasteiger partial charge in [-0.2, -0.15) is 5.26 Å². The van der Waals surface area contributed by atoms with Crippen LogP contribution in [0, 0.1) is 11.3 Å². The molecule has 0 aromatic heterocycles. The van der Waals surface area contributed by atoms with Crippen molar-refractivity contribution in [2.75, 3.05) is 13.1 Å². The Morgan fingerprint density at radius 3 is 2.31 bits per heavy atom. The maximum atomic E-state index is 8.87. The van der Waals surface area contributed by atoms with Gasteiger partial charge in [-0.15, -0.1) is 0 Å². The van der Waals surface area contributed by atoms with Crippen LogP contribution in [-0.4, -0.2) is 30.2 Å². The Balaban J connectivity index is 1.57. The first kappa shape index (κ1) is 18.6. The lowest BCUT2D eigenvalue weighted by Gasteiger charge is -2.35. The van der Waals surface area contributed by atoms with E-state index in [2.05, 4.69) is 54.4 Å². The number of benzene rings is 2. The number of ether oxygens (including phenoxy) is 1. The van der Waals surface area contributed by atoms with E-state index in [4.69, 9.17) is 10.00 Å². The van der Waals surface area contributed by atoms with Gasteiger partial charge in [0.15, 0.2) is 0 Å². The summed E-state index contributed by atoms with van der Waals surface area (Å²) in [6.45, 7) is 8.86. The van der Waals surface area contributed by atoms with Gasteiger partial charge in [0.2, 0.25) is 0 Å². The van der Waals surface area contributed by atoms with Crippen molar-refractivity contribution >= 4 is 0 Å². The lowest BCUT2D eigenvalue weighted by atomic mass is 10.1. The van der Waals surface area contributed by atoms with Crippen LogP contribution in [0.5, 0.6) is 0 Å². The van der Waals surface area contributed by atoms with E-state index in [1.165, 1.54) is 16.7 Å². The van der Waals surface area contributed by atoms with E-state index in [9.17, 15) is 0 Å². The third kappa shape index (κ3) is 5.15. The Morgan fingerprint density at radius 1 is 1.00 bits per heavy atom. The van der Waals surface area contributed by atoms with E-state index in [1.807, 2.05) is 24.3 Å². The highest BCUT2D eigenvalue weighted by Gasteiger charge is 2.22. The van der Waals surface area contributed by atoms with Crippen molar-refractivity contribution in [2.24, 2.45) is 0 Å². The van der Waals surface area contributed by atoms with Gasteiger partial charge in [-0.3, -0.25) is 4.90 Å². The molecule has 2 unspecified atom stereocenters. The number of nitrogens with zero attached hydrogens (tertiary/aromatic N) is 2. The van der Waals surface area contributed by atoms with Gasteiger partial charge in [-0.25, -0.2) is 0 Å². The van der Waals surface area contributed by atoms with Crippen LogP contribution >= 0.6 is 0 Å². The highest BCUT2D eigenvalue weighted by molar-refractivity contribution is 5.32. The third-order valence-corrected chi connectivity index (χ3v) is 4.74. The minimum Gasteiger partial charge on any atom is -0.373 e. The summed E-state index contributed by atoms with van der Waals surface area (Å²) in [7, 11) is 0. The van der Waals surface area contributed by atoms with E-state index in [0.29, 0.717) is 17.8 Å². The molecule has 0 spiro atoms. The molecule has 0 saturated carbocycles. The number of morpholine rings is 1. The predicted molar refractivity (Wildman–Crippen MR) is 103 cm³/mol. The van der Waals surface area contributed by atoms with Crippen LogP contribution in [0.15, 0.2) is 48.5 Å². The highest BCUT2D eigenvalue weighted by atomic mass is 16.5. The molecule has 1 heterocycles. The molecule has 1 saturated heterocycles. The Labute approximate surface area is 156 Å². The average molecular weight is 349 g/mol. The minimum atomic E-state index is 0.292. The summed E-state index contributed by atoms with van der Waals surface area (Å²) < 4.78 is 5.84. The molecule has 2 aromatic carbocycles. The molecular weight excluding hydrogens is 322 g/mol. The van der Waals surface area contributed by atoms with Crippen molar-refractivity contribution in [1.29, 1.82) is 5.26 Å². The Kier molecular flexibility index (Phi) is 6.40. The highest BCUT2D eigenvalue weighted by Crippen LogP contribution is 2.17. The van der Waals surface area contributed by atoms with Gasteiger partial charge in [-0.1, -0.05) is 36.4 Å². The zero-order valence-electron chi connectivity index (χ0n) is 15.6. The quantitative estimate of drug-likeness (QED) is 0.868. The van der Waals surface area contributed by atoms with Crippen LogP contribution in [0.4, 0.5) is 0 Å². The number of nitriles is 1. The molecule has 0 aliphatic carbocycles. The normalized spacial score (nSPS) is 20.7. The van der Waals surface area contributed by atoms with E-state index in [0.717, 1.165) is 32.7 Å². The van der Waals surface area contributed by atoms with Crippen molar-refractivity contribution in [3.8, 4) is 6.07 Å². The van der Waals surface area contributed by atoms with Gasteiger partial charge in [0.25, 0.3) is 0 Å². The summed E-state index contributed by atoms with van der Waals surface area (Å²) in [4.78, 5) is 2.48. The van der Waals surface area contributed by atoms with Gasteiger partial charge in [0.05, 0.1) is 23.8 Å². The van der Waals surface area contributed by atoms with E-state index < -0.39 is 0 Å². The van der Waals surface area contributed by atoms with Gasteiger partial charge in [0, 0.05) is 32.7 Å². The molecule has 4 nitrogen and oxygen atoms in total. The first-order chi connectivity index (χ1) is 12.6. The van der Waals surface area contributed by atoms with Gasteiger partial charge < -0.3 is 10.1 Å². The molecule has 2 aromatic rings. The molecule has 1 aliphatic heterocycles. The molecule has 1 aliphatic rings. The fourth-order valence-electron chi connectivity index (χ4n) is 3.58. The van der Waals surface area contributed by atoms with Crippen molar-refractivity contribution in [3.63, 3.8) is 0 Å². The summed E-state index contributed by atoms with van der Waals surface area (Å²) in [6.07, 6.45) is 0.584. The zero-order chi connectivity index (χ0) is 18.4. The lowest BCUT2D eigenvalue weighted by Crippen LogP contribution is -2.45. The fraction of sp³-hybridized carbons (Fsp3) is 0.409. The summed E-state index contributed by atoms with van der Waals surface area (Å²) in [5.41, 5.74) is 4.61. The molecule has 4 heteroatoms. The number of hydrogen-bond acceptors (Lipinski definition) is 4. The first-order valence-electron chi connectivity index (χ1n) is 9.28. The molecule has 26 heavy (non-hydrogen) atoms. The standard InChI is InChI=1S/C22H27N3O/c1-17-14-25(15-18(2)26-17)16-22-6-4-3-5-21(22)13-24-12-20-9-7-19(11-23)8-10-20/h3-10,17-18,24H,12-16H2,1-2H3. The van der Waals surface area contributed by atoms with Crippen molar-refractivity contribution < 1.29 is 4.74 Å². The topological polar surface area (TPSA) is 48.3 Å². The zero-order valence-corrected chi connectivity index (χ0v) is 15.6. The van der Waals surface area contributed by atoms with Crippen LogP contribution in [0.25, 0.3) is 0 Å². The third-order valence-electron chi connectivity index (χ3n) is 4.74. The molecule has 0 radical (unpaired) electrons. The largest absolute Gasteiger partial charge is 0.373 e. The molecule has 0 bridgehead atoms. The summed E-state index contributed by atoms with van der Waals surface area (Å²) in [6, 6.07) is 18.6. The monoisotopic (exact) mass is 349 g/mol. The van der Waals surface area contributed by atoms with Crippen molar-refractivity contribution in [3.05, 3.63) is 70.8 Å². The Hall–Kier alpha value is -2.19. The summed E-state index contributed by atoms with van der Waals surface area (Å²) >= 11 is 0. The maximum absolute atomic E-state index is 8.87. The fourth-order valence-corrected chi connectivity index (χ4v) is 3.58. The van der Waals surface area contributed by atoms with E-state index >= 15 is 0 Å². The van der Waals surface area contributed by atoms with Crippen LogP contribution in [0.3, 0.4) is 0 Å². The molecule has 2 atom stereocenters. The molecule has 136 valence electrons. The summed E-state index contributed by atoms with van der Waals surface area (Å²) in [5, 5.41) is 12.4. The molecule has 1 N–H and O–H groups in total. The van der Waals surface area contributed by atoms with Gasteiger partial charge in [0.1, 0.15) is 0 Å². The smallest absolute Gasteiger partial charge is 0.0991 e. The van der Waals surface area contributed by atoms with Crippen LogP contribution in [0.2, 0.25) is 0 Å². The number of hydrogen-bond donors (Lipinski definition) is 1. The average Bonchev–Trinajstić information content (AvgIpc) is 2.63.